The molecule has 0 aliphatic carbocycles. The Balaban J connectivity index is 1.91. The van der Waals surface area contributed by atoms with E-state index in [1.165, 1.54) is 76.2 Å². The van der Waals surface area contributed by atoms with Gasteiger partial charge in [-0.25, -0.2) is 0 Å². The van der Waals surface area contributed by atoms with Gasteiger partial charge in [0.05, 0.1) is 13.1 Å². The van der Waals surface area contributed by atoms with Gasteiger partial charge in [0.25, 0.3) is 0 Å². The molecule has 41 heteroatoms. The maximum absolute atomic E-state index is 13.7. The van der Waals surface area contributed by atoms with E-state index in [1.807, 2.05) is 24.3 Å². The minimum Gasteiger partial charge on any atom is -0.368 e. The van der Waals surface area contributed by atoms with Crippen LogP contribution in [0.5, 0.6) is 0 Å². The molecule has 0 aliphatic rings. The third kappa shape index (κ3) is 35.8. The third-order valence-corrected chi connectivity index (χ3v) is 17.5. The summed E-state index contributed by atoms with van der Waals surface area (Å²) in [6.45, 7) is 14.2. The standard InChI is InChI=1S/C71H119N23O18/c1-36(58(99)79-34-55(96)78-35-56(97)80-37(2)65(106)92-52(26-16-20-30-74)69(110)88-42(7)63(104)83-38(3)59(100)81-40(5)61(102)85-44(9)66(107)91-50(57(76)98)24-14-18-28-72)87-68(109)51(25-15-19-29-73)93-67(108)45(10)86-62(103)41(6)82-60(101)39(4)84-64(105)43(8)89-70(111)53(27-17-21-31-75)94-71(112)54(90-46(11)95)32-47-33-77-49-23-13-12-22-48(47)49/h12-13,22-23,33,36-45,50-54,77H,14-21,24-32,34-35,72-75H2,1-11H3,(H2,76,98)(H,78,96)(H,79,99)(H,80,97)(H,81,100)(H,82,101)(H,83,104)(H,84,105)(H,85,102)(H,86,103)(H,87,109)(H,88,110)(H,89,111)(H,90,95)(H,91,107)(H,92,106)(H,93,108)(H,94,112)/t36-,37-,38-,39-,40-,41-,42-,43-,44-,45-,50-,51-,52-,53-,54-/m0/s1. The van der Waals surface area contributed by atoms with Crippen LogP contribution in [0.3, 0.4) is 0 Å². The van der Waals surface area contributed by atoms with Crippen molar-refractivity contribution in [1.29, 1.82) is 0 Å². The molecule has 15 atom stereocenters. The number of rotatable bonds is 52. The summed E-state index contributed by atoms with van der Waals surface area (Å²) < 4.78 is 0. The zero-order valence-corrected chi connectivity index (χ0v) is 65.7. The van der Waals surface area contributed by atoms with E-state index < -0.39 is 210 Å². The van der Waals surface area contributed by atoms with E-state index in [0.717, 1.165) is 16.5 Å². The molecule has 626 valence electrons. The number of hydrogen-bond acceptors (Lipinski definition) is 22. The lowest BCUT2D eigenvalue weighted by atomic mass is 10.0. The zero-order chi connectivity index (χ0) is 84.5. The Morgan fingerprint density at radius 2 is 0.589 bits per heavy atom. The molecule has 0 unspecified atom stereocenters. The van der Waals surface area contributed by atoms with Gasteiger partial charge in [-0.15, -0.1) is 0 Å². The fourth-order valence-corrected chi connectivity index (χ4v) is 10.7. The van der Waals surface area contributed by atoms with Crippen molar-refractivity contribution in [1.82, 2.24) is 95.4 Å². The first-order valence-corrected chi connectivity index (χ1v) is 37.5. The first-order chi connectivity index (χ1) is 52.8. The first-order valence-electron chi connectivity index (χ1n) is 37.5. The Kier molecular flexibility index (Phi) is 44.0. The number of aromatic nitrogens is 1. The van der Waals surface area contributed by atoms with Crippen molar-refractivity contribution in [3.8, 4) is 0 Å². The summed E-state index contributed by atoms with van der Waals surface area (Å²) in [5.74, 6) is -14.1. The van der Waals surface area contributed by atoms with Crippen molar-refractivity contribution in [2.24, 2.45) is 28.7 Å². The van der Waals surface area contributed by atoms with Crippen molar-refractivity contribution in [3.63, 3.8) is 0 Å². The smallest absolute Gasteiger partial charge is 0.243 e. The van der Waals surface area contributed by atoms with Crippen molar-refractivity contribution in [2.45, 2.75) is 250 Å². The lowest BCUT2D eigenvalue weighted by Crippen LogP contribution is -2.59. The predicted octanol–water partition coefficient (Wildman–Crippen LogP) is -7.56. The number of amides is 18. The van der Waals surface area contributed by atoms with Crippen molar-refractivity contribution < 1.29 is 86.3 Å². The van der Waals surface area contributed by atoms with Gasteiger partial charge in [-0.1, -0.05) is 18.2 Å². The van der Waals surface area contributed by atoms with Crippen LogP contribution in [0.1, 0.15) is 159 Å². The number of aromatic amines is 1. The lowest BCUT2D eigenvalue weighted by Gasteiger charge is -2.25. The Hall–Kier alpha value is -10.9. The Bertz CT molecular complexity index is 3560. The van der Waals surface area contributed by atoms with Crippen LogP contribution < -0.4 is 119 Å². The van der Waals surface area contributed by atoms with Crippen LogP contribution in [0, 0.1) is 0 Å². The molecule has 0 fully saturated rings. The third-order valence-electron chi connectivity index (χ3n) is 17.5. The first kappa shape index (κ1) is 97.1. The molecule has 112 heavy (non-hydrogen) atoms. The SMILES string of the molecule is CC(=O)N[C@@H](Cc1c[nH]c2ccccc12)C(=O)N[C@@H](CCCCN)C(=O)N[C@@H](C)C(=O)N[C@@H](C)C(=O)N[C@@H](C)C(=O)N[C@@H](C)C(=O)N[C@@H](CCCCN)C(=O)N[C@@H](C)C(=O)NCC(=O)NCC(=O)N[C@@H](C)C(=O)N[C@@H](CCCCN)C(=O)N[C@@H](C)C(=O)N[C@@H](C)C(=O)N[C@@H](C)C(=O)N[C@@H](C)C(=O)N[C@@H](CCCCN)C(N)=O. The van der Waals surface area contributed by atoms with Gasteiger partial charge in [0.1, 0.15) is 90.6 Å². The highest BCUT2D eigenvalue weighted by Gasteiger charge is 2.34. The zero-order valence-electron chi connectivity index (χ0n) is 65.7. The number of primary amides is 1. The van der Waals surface area contributed by atoms with Crippen LogP contribution in [-0.2, 0) is 92.7 Å². The van der Waals surface area contributed by atoms with Gasteiger partial charge in [0, 0.05) is 30.4 Å². The summed E-state index contributed by atoms with van der Waals surface area (Å²) >= 11 is 0. The monoisotopic (exact) mass is 1580 g/mol. The Morgan fingerprint density at radius 3 is 0.929 bits per heavy atom. The fourth-order valence-electron chi connectivity index (χ4n) is 10.7. The van der Waals surface area contributed by atoms with Gasteiger partial charge in [0.2, 0.25) is 106 Å². The number of hydrogen-bond donors (Lipinski definition) is 23. The molecule has 2 rings (SSSR count). The average Bonchev–Trinajstić information content (AvgIpc) is 1.67. The highest BCUT2D eigenvalue weighted by Crippen LogP contribution is 2.20. The minimum absolute atomic E-state index is 0.0296. The summed E-state index contributed by atoms with van der Waals surface area (Å²) in [6.07, 6.45) is 5.87. The fraction of sp³-hybridized carbons (Fsp3) is 0.634. The Labute approximate surface area is 650 Å². The molecule has 0 saturated carbocycles. The topological polar surface area (TPSA) is 658 Å². The maximum atomic E-state index is 13.7. The number of nitrogens with two attached hydrogens (primary N) is 5. The van der Waals surface area contributed by atoms with Crippen LogP contribution in [-0.4, -0.2) is 241 Å². The van der Waals surface area contributed by atoms with E-state index in [1.54, 1.807) is 6.20 Å². The number of carbonyl (C=O) groups is 18. The summed E-state index contributed by atoms with van der Waals surface area (Å²) in [4.78, 5) is 239. The second kappa shape index (κ2) is 50.8. The molecular formula is C71H119N23O18. The quantitative estimate of drug-likeness (QED) is 0.0274. The van der Waals surface area contributed by atoms with Crippen LogP contribution in [0.15, 0.2) is 30.5 Å². The molecule has 18 amide bonds. The number of nitrogens with one attached hydrogen (secondary N) is 18. The van der Waals surface area contributed by atoms with E-state index in [4.69, 9.17) is 28.7 Å². The molecule has 0 spiro atoms. The van der Waals surface area contributed by atoms with Gasteiger partial charge in [-0.3, -0.25) is 86.3 Å². The number of fused-ring (bicyclic) bond motifs is 1. The molecule has 28 N–H and O–H groups in total. The molecule has 1 heterocycles. The normalized spacial score (nSPS) is 15.0. The lowest BCUT2D eigenvalue weighted by molar-refractivity contribution is -0.135. The van der Waals surface area contributed by atoms with Gasteiger partial charge in [0.15, 0.2) is 0 Å². The molecule has 0 aliphatic heterocycles. The van der Waals surface area contributed by atoms with E-state index in [-0.39, 0.29) is 45.2 Å². The van der Waals surface area contributed by atoms with Crippen molar-refractivity contribution in [3.05, 3.63) is 36.0 Å². The number of benzene rings is 1. The molecule has 0 saturated heterocycles. The van der Waals surface area contributed by atoms with E-state index in [2.05, 4.69) is 95.4 Å². The van der Waals surface area contributed by atoms with Crippen LogP contribution in [0.4, 0.5) is 0 Å². The van der Waals surface area contributed by atoms with Gasteiger partial charge in [-0.2, -0.15) is 0 Å². The molecule has 0 radical (unpaired) electrons. The minimum atomic E-state index is -1.31. The van der Waals surface area contributed by atoms with Crippen molar-refractivity contribution >= 4 is 117 Å². The second-order valence-electron chi connectivity index (χ2n) is 27.5. The number of carbonyl (C=O) groups excluding carboxylic acids is 18. The summed E-state index contributed by atoms with van der Waals surface area (Å²) in [5, 5.41) is 42.8. The Morgan fingerprint density at radius 1 is 0.312 bits per heavy atom. The molecule has 41 nitrogen and oxygen atoms in total. The predicted molar refractivity (Wildman–Crippen MR) is 410 cm³/mol. The van der Waals surface area contributed by atoms with Crippen molar-refractivity contribution in [2.75, 3.05) is 39.3 Å². The summed E-state index contributed by atoms with van der Waals surface area (Å²) in [6, 6.07) is -11.0. The average molecular weight is 1580 g/mol. The van der Waals surface area contributed by atoms with Gasteiger partial charge >= 0.3 is 0 Å². The second-order valence-corrected chi connectivity index (χ2v) is 27.5. The van der Waals surface area contributed by atoms with Crippen LogP contribution >= 0.6 is 0 Å². The highest BCUT2D eigenvalue weighted by molar-refractivity contribution is 6.01. The van der Waals surface area contributed by atoms with E-state index >= 15 is 0 Å². The van der Waals surface area contributed by atoms with Crippen LogP contribution in [0.25, 0.3) is 10.9 Å². The maximum Gasteiger partial charge on any atom is 0.243 e. The molecule has 1 aromatic heterocycles. The summed E-state index contributed by atoms with van der Waals surface area (Å²) in [5.41, 5.74) is 29.5. The highest BCUT2D eigenvalue weighted by atomic mass is 16.2. The van der Waals surface area contributed by atoms with E-state index in [9.17, 15) is 86.3 Å². The van der Waals surface area contributed by atoms with Gasteiger partial charge in [-0.05, 0) is 184 Å². The van der Waals surface area contributed by atoms with Gasteiger partial charge < -0.3 is 124 Å². The summed E-state index contributed by atoms with van der Waals surface area (Å²) in [7, 11) is 0. The molecule has 2 aromatic rings. The van der Waals surface area contributed by atoms with E-state index in [0.29, 0.717) is 64.5 Å². The van der Waals surface area contributed by atoms with Crippen LogP contribution in [0.2, 0.25) is 0 Å². The molecule has 1 aromatic carbocycles. The largest absolute Gasteiger partial charge is 0.368 e. The number of para-hydroxylation sites is 1. The molecule has 0 bridgehead atoms. The number of unbranched alkanes of at least 4 members (excludes halogenated alkanes) is 4. The number of H-pyrrole nitrogens is 1. The molecular weight excluding hydrogens is 1460 g/mol.